The Bertz CT molecular complexity index is 1190. The average molecular weight is 555 g/mol. The van der Waals surface area contributed by atoms with Gasteiger partial charge >= 0.3 is 5.97 Å². The molecule has 2 aromatic rings. The third-order valence-corrected chi connectivity index (χ3v) is 5.88. The Morgan fingerprint density at radius 2 is 1.12 bits per heavy atom. The monoisotopic (exact) mass is 554 g/mol. The first-order chi connectivity index (χ1) is 19.0. The molecule has 0 saturated heterocycles. The van der Waals surface area contributed by atoms with Gasteiger partial charge in [0, 0.05) is 12.8 Å². The maximum atomic E-state index is 13.2. The van der Waals surface area contributed by atoms with Crippen molar-refractivity contribution in [3.8, 4) is 0 Å². The highest BCUT2D eigenvalue weighted by molar-refractivity contribution is 5.96. The topological polar surface area (TPSA) is 237 Å². The van der Waals surface area contributed by atoms with Crippen LogP contribution in [-0.4, -0.2) is 64.8 Å². The van der Waals surface area contributed by atoms with Gasteiger partial charge in [0.15, 0.2) is 0 Å². The largest absolute Gasteiger partial charge is 0.480 e. The van der Waals surface area contributed by atoms with Gasteiger partial charge in [-0.1, -0.05) is 60.7 Å². The maximum Gasteiger partial charge on any atom is 0.326 e. The average Bonchev–Trinajstić information content (AvgIpc) is 2.90. The van der Waals surface area contributed by atoms with E-state index in [4.69, 9.17) is 17.2 Å². The first-order valence-corrected chi connectivity index (χ1v) is 12.5. The molecule has 0 fully saturated rings. The Labute approximate surface area is 230 Å². The first-order valence-electron chi connectivity index (χ1n) is 12.5. The minimum absolute atomic E-state index is 0.0503. The zero-order valence-electron chi connectivity index (χ0n) is 21.7. The van der Waals surface area contributed by atoms with Gasteiger partial charge in [-0.25, -0.2) is 4.79 Å². The van der Waals surface area contributed by atoms with E-state index in [-0.39, 0.29) is 25.7 Å². The van der Waals surface area contributed by atoms with Crippen LogP contribution in [0.25, 0.3) is 0 Å². The number of carboxylic acids is 1. The lowest BCUT2D eigenvalue weighted by atomic mass is 10.0. The lowest BCUT2D eigenvalue weighted by molar-refractivity contribution is -0.142. The molecule has 4 atom stereocenters. The van der Waals surface area contributed by atoms with Crippen molar-refractivity contribution in [3.63, 3.8) is 0 Å². The van der Waals surface area contributed by atoms with Crippen LogP contribution in [-0.2, 0) is 41.6 Å². The lowest BCUT2D eigenvalue weighted by Crippen LogP contribution is -2.58. The number of aliphatic carboxylic acids is 1. The van der Waals surface area contributed by atoms with Crippen LogP contribution in [0.4, 0.5) is 0 Å². The summed E-state index contributed by atoms with van der Waals surface area (Å²) in [5, 5.41) is 16.7. The third kappa shape index (κ3) is 10.9. The molecular formula is C27H34N6O7. The molecular weight excluding hydrogens is 520 g/mol. The number of hydrogen-bond donors (Lipinski definition) is 7. The fourth-order valence-electron chi connectivity index (χ4n) is 3.80. The van der Waals surface area contributed by atoms with Gasteiger partial charge in [-0.2, -0.15) is 0 Å². The van der Waals surface area contributed by atoms with E-state index in [0.717, 1.165) is 5.56 Å². The zero-order chi connectivity index (χ0) is 29.7. The Kier molecular flexibility index (Phi) is 12.3. The number of benzene rings is 2. The fraction of sp³-hybridized carbons (Fsp3) is 0.333. The second-order valence-electron chi connectivity index (χ2n) is 9.18. The van der Waals surface area contributed by atoms with Gasteiger partial charge in [0.05, 0.1) is 12.5 Å². The summed E-state index contributed by atoms with van der Waals surface area (Å²) in [5.74, 6) is -5.51. The van der Waals surface area contributed by atoms with Gasteiger partial charge in [-0.3, -0.25) is 24.0 Å². The van der Waals surface area contributed by atoms with Gasteiger partial charge < -0.3 is 38.3 Å². The van der Waals surface area contributed by atoms with Crippen LogP contribution >= 0.6 is 0 Å². The molecule has 0 bridgehead atoms. The van der Waals surface area contributed by atoms with Crippen molar-refractivity contribution in [3.05, 3.63) is 71.8 Å². The van der Waals surface area contributed by atoms with Crippen molar-refractivity contribution in [1.82, 2.24) is 16.0 Å². The molecule has 0 spiro atoms. The number of carbonyl (C=O) groups excluding carboxylic acids is 5. The predicted molar refractivity (Wildman–Crippen MR) is 144 cm³/mol. The molecule has 5 amide bonds. The lowest BCUT2D eigenvalue weighted by Gasteiger charge is -2.25. The predicted octanol–water partition coefficient (Wildman–Crippen LogP) is -1.52. The number of amides is 5. The summed E-state index contributed by atoms with van der Waals surface area (Å²) in [7, 11) is 0. The van der Waals surface area contributed by atoms with Crippen molar-refractivity contribution >= 4 is 35.5 Å². The minimum Gasteiger partial charge on any atom is -0.480 e. The van der Waals surface area contributed by atoms with E-state index in [9.17, 15) is 33.9 Å². The number of carbonyl (C=O) groups is 6. The highest BCUT2D eigenvalue weighted by atomic mass is 16.4. The van der Waals surface area contributed by atoms with E-state index >= 15 is 0 Å². The highest BCUT2D eigenvalue weighted by Gasteiger charge is 2.31. The zero-order valence-corrected chi connectivity index (χ0v) is 21.7. The van der Waals surface area contributed by atoms with Gasteiger partial charge in [0.25, 0.3) is 0 Å². The molecule has 2 aromatic carbocycles. The molecule has 0 aliphatic rings. The molecule has 10 N–H and O–H groups in total. The summed E-state index contributed by atoms with van der Waals surface area (Å²) >= 11 is 0. The van der Waals surface area contributed by atoms with E-state index < -0.39 is 66.1 Å². The SMILES string of the molecule is NC(=O)CCC(NC(=O)C(Cc1ccccc1)NC(=O)C(CC(N)=O)NC(=O)C(N)Cc1ccccc1)C(=O)O. The summed E-state index contributed by atoms with van der Waals surface area (Å²) in [4.78, 5) is 73.5. The Morgan fingerprint density at radius 1 is 0.650 bits per heavy atom. The molecule has 2 rings (SSSR count). The summed E-state index contributed by atoms with van der Waals surface area (Å²) in [6.45, 7) is 0. The van der Waals surface area contributed by atoms with Gasteiger partial charge in [-0.05, 0) is 24.0 Å². The standard InChI is InChI=1S/C27H34N6O7/c28-18(13-16-7-3-1-4-8-16)24(36)32-21(15-23(30)35)26(38)33-20(14-17-9-5-2-6-10-17)25(37)31-19(27(39)40)11-12-22(29)34/h1-10,18-21H,11-15,28H2,(H2,29,34)(H2,30,35)(H,31,37)(H,32,36)(H,33,38)(H,39,40). The highest BCUT2D eigenvalue weighted by Crippen LogP contribution is 2.07. The minimum atomic E-state index is -1.46. The van der Waals surface area contributed by atoms with E-state index in [1.165, 1.54) is 0 Å². The van der Waals surface area contributed by atoms with Crippen LogP contribution in [0.3, 0.4) is 0 Å². The normalized spacial score (nSPS) is 13.6. The Morgan fingerprint density at radius 3 is 1.62 bits per heavy atom. The first kappa shape index (κ1) is 31.4. The Hall–Kier alpha value is -4.78. The van der Waals surface area contributed by atoms with Gasteiger partial charge in [0.1, 0.15) is 18.1 Å². The van der Waals surface area contributed by atoms with Crippen molar-refractivity contribution in [2.75, 3.05) is 0 Å². The summed E-state index contributed by atoms with van der Waals surface area (Å²) in [6, 6.07) is 12.2. The molecule has 4 unspecified atom stereocenters. The van der Waals surface area contributed by atoms with Gasteiger partial charge in [0.2, 0.25) is 29.5 Å². The third-order valence-electron chi connectivity index (χ3n) is 5.88. The number of nitrogens with one attached hydrogen (secondary N) is 3. The van der Waals surface area contributed by atoms with E-state index in [0.29, 0.717) is 5.56 Å². The molecule has 0 heterocycles. The second-order valence-corrected chi connectivity index (χ2v) is 9.18. The van der Waals surface area contributed by atoms with E-state index in [2.05, 4.69) is 16.0 Å². The van der Waals surface area contributed by atoms with Crippen LogP contribution in [0.2, 0.25) is 0 Å². The number of hydrogen-bond acceptors (Lipinski definition) is 7. The second kappa shape index (κ2) is 15.6. The number of carboxylic acid groups (broad SMARTS) is 1. The molecule has 0 aliphatic heterocycles. The van der Waals surface area contributed by atoms with Crippen LogP contribution in [0.1, 0.15) is 30.4 Å². The van der Waals surface area contributed by atoms with Crippen LogP contribution in [0.5, 0.6) is 0 Å². The molecule has 214 valence electrons. The smallest absolute Gasteiger partial charge is 0.326 e. The van der Waals surface area contributed by atoms with Crippen LogP contribution < -0.4 is 33.2 Å². The maximum absolute atomic E-state index is 13.2. The fourth-order valence-corrected chi connectivity index (χ4v) is 3.80. The Balaban J connectivity index is 2.20. The number of primary amides is 2. The summed E-state index contributed by atoms with van der Waals surface area (Å²) in [6.07, 6.45) is -1.01. The molecule has 0 radical (unpaired) electrons. The van der Waals surface area contributed by atoms with Crippen LogP contribution in [0.15, 0.2) is 60.7 Å². The van der Waals surface area contributed by atoms with Gasteiger partial charge in [-0.15, -0.1) is 0 Å². The molecule has 0 saturated carbocycles. The molecule has 13 heteroatoms. The van der Waals surface area contributed by atoms with E-state index in [1.54, 1.807) is 60.7 Å². The molecule has 0 aliphatic carbocycles. The van der Waals surface area contributed by atoms with Crippen molar-refractivity contribution in [2.45, 2.75) is 56.3 Å². The molecule has 0 aromatic heterocycles. The summed E-state index contributed by atoms with van der Waals surface area (Å²) < 4.78 is 0. The molecule has 40 heavy (non-hydrogen) atoms. The van der Waals surface area contributed by atoms with Crippen molar-refractivity contribution in [2.24, 2.45) is 17.2 Å². The quantitative estimate of drug-likeness (QED) is 0.128. The van der Waals surface area contributed by atoms with Crippen molar-refractivity contribution < 1.29 is 33.9 Å². The van der Waals surface area contributed by atoms with Crippen molar-refractivity contribution in [1.29, 1.82) is 0 Å². The molecule has 13 nitrogen and oxygen atoms in total. The number of nitrogens with two attached hydrogens (primary N) is 3. The summed E-state index contributed by atoms with van der Waals surface area (Å²) in [5.41, 5.74) is 17.8. The van der Waals surface area contributed by atoms with E-state index in [1.807, 2.05) is 0 Å². The number of rotatable bonds is 16. The van der Waals surface area contributed by atoms with Crippen LogP contribution in [0, 0.1) is 0 Å².